The monoisotopic (exact) mass is 342 g/mol. The summed E-state index contributed by atoms with van der Waals surface area (Å²) in [5.74, 6) is -0.786. The van der Waals surface area contributed by atoms with E-state index in [-0.39, 0.29) is 12.8 Å². The van der Waals surface area contributed by atoms with Crippen molar-refractivity contribution in [1.29, 1.82) is 0 Å². The van der Waals surface area contributed by atoms with Crippen molar-refractivity contribution in [2.24, 2.45) is 0 Å². The lowest BCUT2D eigenvalue weighted by atomic mass is 10.2. The zero-order valence-electron chi connectivity index (χ0n) is 11.4. The molecular weight excluding hydrogens is 328 g/mol. The Balaban J connectivity index is 2.05. The molecule has 2 N–H and O–H groups in total. The summed E-state index contributed by atoms with van der Waals surface area (Å²) in [6.45, 7) is 0. The van der Waals surface area contributed by atoms with Crippen molar-refractivity contribution < 1.29 is 28.6 Å². The lowest BCUT2D eigenvalue weighted by molar-refractivity contribution is -0.138. The molecular formula is C14H14O6S2. The summed E-state index contributed by atoms with van der Waals surface area (Å²) in [7, 11) is 2.55. The van der Waals surface area contributed by atoms with Crippen LogP contribution < -0.4 is 0 Å². The fraction of sp³-hybridized carbons (Fsp3) is 0.286. The summed E-state index contributed by atoms with van der Waals surface area (Å²) in [5, 5.41) is 17.2. The molecule has 0 fully saturated rings. The minimum absolute atomic E-state index is 0.108. The largest absolute Gasteiger partial charge is 0.481 e. The molecule has 0 aromatic carbocycles. The van der Waals surface area contributed by atoms with Crippen LogP contribution in [-0.2, 0) is 9.59 Å². The van der Waals surface area contributed by atoms with Gasteiger partial charge < -0.3 is 19.0 Å². The third-order valence-electron chi connectivity index (χ3n) is 2.73. The van der Waals surface area contributed by atoms with E-state index in [2.05, 4.69) is 0 Å². The quantitative estimate of drug-likeness (QED) is 0.660. The van der Waals surface area contributed by atoms with Crippen LogP contribution in [0.25, 0.3) is 0 Å². The van der Waals surface area contributed by atoms with Crippen LogP contribution in [0.1, 0.15) is 34.9 Å². The lowest BCUT2D eigenvalue weighted by Gasteiger charge is -2.15. The van der Waals surface area contributed by atoms with E-state index >= 15 is 0 Å². The second kappa shape index (κ2) is 8.00. The van der Waals surface area contributed by atoms with Crippen molar-refractivity contribution in [2.75, 3.05) is 0 Å². The molecule has 0 saturated heterocycles. The standard InChI is InChI=1S/C14H14O6S2/c15-13(16)7-11(9-3-1-5-19-9)21-22-12(8-14(17)18)10-4-2-6-20-10/h1-6,11-12H,7-8H2,(H,15,16)(H,17,18). The molecule has 0 amide bonds. The Morgan fingerprint density at radius 2 is 1.32 bits per heavy atom. The summed E-state index contributed by atoms with van der Waals surface area (Å²) in [5.41, 5.74) is 0. The molecule has 22 heavy (non-hydrogen) atoms. The van der Waals surface area contributed by atoms with E-state index in [0.29, 0.717) is 11.5 Å². The molecule has 2 atom stereocenters. The Kier molecular flexibility index (Phi) is 6.02. The molecule has 118 valence electrons. The van der Waals surface area contributed by atoms with E-state index in [0.717, 1.165) is 0 Å². The Morgan fingerprint density at radius 1 is 0.909 bits per heavy atom. The van der Waals surface area contributed by atoms with Crippen molar-refractivity contribution in [2.45, 2.75) is 23.3 Å². The van der Waals surface area contributed by atoms with E-state index in [1.165, 1.54) is 34.1 Å². The van der Waals surface area contributed by atoms with Crippen molar-refractivity contribution >= 4 is 33.5 Å². The van der Waals surface area contributed by atoms with Crippen LogP contribution in [-0.4, -0.2) is 22.2 Å². The number of carbonyl (C=O) groups is 2. The lowest BCUT2D eigenvalue weighted by Crippen LogP contribution is -2.04. The minimum Gasteiger partial charge on any atom is -0.481 e. The van der Waals surface area contributed by atoms with Crippen LogP contribution in [0.3, 0.4) is 0 Å². The van der Waals surface area contributed by atoms with Crippen LogP contribution >= 0.6 is 21.6 Å². The zero-order chi connectivity index (χ0) is 15.9. The molecule has 0 saturated carbocycles. The Morgan fingerprint density at radius 3 is 1.59 bits per heavy atom. The predicted molar refractivity (Wildman–Crippen MR) is 82.6 cm³/mol. The highest BCUT2D eigenvalue weighted by atomic mass is 33.1. The molecule has 0 bridgehead atoms. The Labute approximate surface area is 134 Å². The van der Waals surface area contributed by atoms with Crippen LogP contribution in [0.4, 0.5) is 0 Å². The first-order valence-corrected chi connectivity index (χ1v) is 8.66. The van der Waals surface area contributed by atoms with Crippen molar-refractivity contribution in [3.63, 3.8) is 0 Å². The first kappa shape index (κ1) is 16.6. The molecule has 0 spiro atoms. The molecule has 0 aliphatic rings. The van der Waals surface area contributed by atoms with Crippen LogP contribution in [0.5, 0.6) is 0 Å². The Hall–Kier alpha value is -1.80. The van der Waals surface area contributed by atoms with E-state index in [1.807, 2.05) is 0 Å². The molecule has 0 radical (unpaired) electrons. The molecule has 2 heterocycles. The van der Waals surface area contributed by atoms with Crippen LogP contribution in [0.2, 0.25) is 0 Å². The van der Waals surface area contributed by atoms with Gasteiger partial charge in [-0.05, 0) is 24.3 Å². The third kappa shape index (κ3) is 4.88. The fourth-order valence-corrected chi connectivity index (χ4v) is 4.69. The molecule has 8 heteroatoms. The molecule has 2 unspecified atom stereocenters. The number of carboxylic acid groups (broad SMARTS) is 2. The van der Waals surface area contributed by atoms with E-state index < -0.39 is 22.4 Å². The summed E-state index contributed by atoms with van der Waals surface area (Å²) in [6.07, 6.45) is 2.75. The van der Waals surface area contributed by atoms with Gasteiger partial charge in [-0.25, -0.2) is 0 Å². The van der Waals surface area contributed by atoms with Gasteiger partial charge in [0.15, 0.2) is 0 Å². The first-order valence-electron chi connectivity index (χ1n) is 6.38. The second-order valence-electron chi connectivity index (χ2n) is 4.40. The molecule has 2 aromatic rings. The van der Waals surface area contributed by atoms with Crippen LogP contribution in [0, 0.1) is 0 Å². The number of carboxylic acids is 2. The van der Waals surface area contributed by atoms with Gasteiger partial charge >= 0.3 is 11.9 Å². The summed E-state index contributed by atoms with van der Waals surface area (Å²) in [4.78, 5) is 22.0. The van der Waals surface area contributed by atoms with Gasteiger partial charge in [0, 0.05) is 0 Å². The van der Waals surface area contributed by atoms with Gasteiger partial charge in [0.05, 0.1) is 35.9 Å². The zero-order valence-corrected chi connectivity index (χ0v) is 13.0. The summed E-state index contributed by atoms with van der Waals surface area (Å²) < 4.78 is 10.5. The maximum absolute atomic E-state index is 11.0. The SMILES string of the molecule is O=C(O)CC(SSC(CC(=O)O)c1ccco1)c1ccco1. The van der Waals surface area contributed by atoms with Gasteiger partial charge in [0.1, 0.15) is 11.5 Å². The third-order valence-corrected chi connectivity index (χ3v) is 5.83. The van der Waals surface area contributed by atoms with Gasteiger partial charge in [-0.3, -0.25) is 9.59 Å². The smallest absolute Gasteiger partial charge is 0.304 e. The molecule has 2 rings (SSSR count). The normalized spacial score (nSPS) is 13.6. The highest BCUT2D eigenvalue weighted by molar-refractivity contribution is 8.76. The number of rotatable bonds is 9. The van der Waals surface area contributed by atoms with E-state index in [9.17, 15) is 9.59 Å². The maximum Gasteiger partial charge on any atom is 0.304 e. The van der Waals surface area contributed by atoms with E-state index in [4.69, 9.17) is 19.0 Å². The average Bonchev–Trinajstić information content (AvgIpc) is 3.12. The maximum atomic E-state index is 11.0. The summed E-state index contributed by atoms with van der Waals surface area (Å²) >= 11 is 0. The van der Waals surface area contributed by atoms with Crippen molar-refractivity contribution in [3.05, 3.63) is 48.3 Å². The van der Waals surface area contributed by atoms with Gasteiger partial charge in [-0.2, -0.15) is 0 Å². The molecule has 6 nitrogen and oxygen atoms in total. The fourth-order valence-electron chi connectivity index (χ4n) is 1.76. The Bertz CT molecular complexity index is 539. The van der Waals surface area contributed by atoms with E-state index in [1.54, 1.807) is 24.3 Å². The van der Waals surface area contributed by atoms with Gasteiger partial charge in [-0.1, -0.05) is 21.6 Å². The van der Waals surface area contributed by atoms with Crippen molar-refractivity contribution in [3.8, 4) is 0 Å². The van der Waals surface area contributed by atoms with Crippen molar-refractivity contribution in [1.82, 2.24) is 0 Å². The topological polar surface area (TPSA) is 101 Å². The average molecular weight is 342 g/mol. The van der Waals surface area contributed by atoms with Gasteiger partial charge in [-0.15, -0.1) is 0 Å². The van der Waals surface area contributed by atoms with Crippen LogP contribution in [0.15, 0.2) is 45.6 Å². The second-order valence-corrected chi connectivity index (χ2v) is 7.07. The highest BCUT2D eigenvalue weighted by Crippen LogP contribution is 2.48. The molecule has 2 aromatic heterocycles. The number of hydrogen-bond donors (Lipinski definition) is 2. The summed E-state index contributed by atoms with van der Waals surface area (Å²) in [6, 6.07) is 6.80. The molecule has 0 aliphatic heterocycles. The highest BCUT2D eigenvalue weighted by Gasteiger charge is 2.25. The number of furan rings is 2. The molecule has 0 aliphatic carbocycles. The first-order chi connectivity index (χ1) is 10.6. The minimum atomic E-state index is -0.942. The number of aliphatic carboxylic acids is 2. The number of hydrogen-bond acceptors (Lipinski definition) is 6. The predicted octanol–water partition coefficient (Wildman–Crippen LogP) is 3.99. The van der Waals surface area contributed by atoms with Gasteiger partial charge in [0.2, 0.25) is 0 Å². The van der Waals surface area contributed by atoms with Gasteiger partial charge in [0.25, 0.3) is 0 Å².